The molecule has 2 aliphatic rings. The first-order valence-corrected chi connectivity index (χ1v) is 12.1. The number of carbonyl (C=O) groups excluding carboxylic acids is 3. The molecule has 184 valence electrons. The van der Waals surface area contributed by atoms with Gasteiger partial charge in [0.1, 0.15) is 6.04 Å². The van der Waals surface area contributed by atoms with Crippen molar-refractivity contribution in [1.29, 1.82) is 0 Å². The third-order valence-electron chi connectivity index (χ3n) is 6.65. The van der Waals surface area contributed by atoms with Gasteiger partial charge in [-0.15, -0.1) is 0 Å². The van der Waals surface area contributed by atoms with Crippen LogP contribution in [0, 0.1) is 0 Å². The fourth-order valence-corrected chi connectivity index (χ4v) is 4.64. The van der Waals surface area contributed by atoms with Crippen LogP contribution in [0.5, 0.6) is 0 Å². The Labute approximate surface area is 207 Å². The lowest BCUT2D eigenvalue weighted by Gasteiger charge is -2.37. The van der Waals surface area contributed by atoms with Crippen LogP contribution < -0.4 is 16.0 Å². The molecule has 1 fully saturated rings. The van der Waals surface area contributed by atoms with Crippen LogP contribution in [-0.4, -0.2) is 54.8 Å². The molecule has 35 heavy (non-hydrogen) atoms. The van der Waals surface area contributed by atoms with Crippen LogP contribution in [0.1, 0.15) is 60.7 Å². The molecule has 1 saturated heterocycles. The topological polar surface area (TPSA) is 90.5 Å². The molecule has 0 unspecified atom stereocenters. The van der Waals surface area contributed by atoms with Crippen LogP contribution in [0.2, 0.25) is 0 Å². The monoisotopic (exact) mass is 474 g/mol. The minimum Gasteiger partial charge on any atom is -0.352 e. The van der Waals surface area contributed by atoms with Crippen LogP contribution in [0.4, 0.5) is 5.69 Å². The molecular weight excluding hydrogens is 440 g/mol. The SMILES string of the molecule is CNCC(=O)N[C@H]1CCN2C(=O)c3cc(/C=C/c4ccc(C(C)(C)C)cc4)ccc3NC(=O)[C@@H]2C1. The van der Waals surface area contributed by atoms with Crippen molar-refractivity contribution in [1.82, 2.24) is 15.5 Å². The average molecular weight is 475 g/mol. The number of amides is 3. The van der Waals surface area contributed by atoms with Crippen molar-refractivity contribution >= 4 is 35.6 Å². The maximum Gasteiger partial charge on any atom is 0.256 e. The van der Waals surface area contributed by atoms with Gasteiger partial charge in [-0.05, 0) is 54.1 Å². The molecule has 7 heteroatoms. The van der Waals surface area contributed by atoms with Crippen molar-refractivity contribution in [2.75, 3.05) is 25.5 Å². The molecule has 0 aliphatic carbocycles. The summed E-state index contributed by atoms with van der Waals surface area (Å²) in [6.45, 7) is 7.21. The van der Waals surface area contributed by atoms with Gasteiger partial charge in [0.15, 0.2) is 0 Å². The Balaban J connectivity index is 1.51. The van der Waals surface area contributed by atoms with E-state index < -0.39 is 6.04 Å². The predicted octanol–water partition coefficient (Wildman–Crippen LogP) is 3.42. The summed E-state index contributed by atoms with van der Waals surface area (Å²) in [6.07, 6.45) is 5.02. The molecule has 3 N–H and O–H groups in total. The van der Waals surface area contributed by atoms with E-state index in [1.54, 1.807) is 18.0 Å². The molecule has 0 aromatic heterocycles. The molecule has 2 heterocycles. The van der Waals surface area contributed by atoms with Gasteiger partial charge in [0.05, 0.1) is 17.8 Å². The second kappa shape index (κ2) is 10.0. The van der Waals surface area contributed by atoms with E-state index in [0.29, 0.717) is 30.6 Å². The Kier molecular flexibility index (Phi) is 7.08. The van der Waals surface area contributed by atoms with E-state index in [0.717, 1.165) is 11.1 Å². The molecule has 7 nitrogen and oxygen atoms in total. The van der Waals surface area contributed by atoms with E-state index >= 15 is 0 Å². The van der Waals surface area contributed by atoms with Gasteiger partial charge in [-0.25, -0.2) is 0 Å². The first-order valence-electron chi connectivity index (χ1n) is 12.1. The molecule has 2 atom stereocenters. The zero-order valence-electron chi connectivity index (χ0n) is 20.9. The Bertz CT molecular complexity index is 1150. The van der Waals surface area contributed by atoms with Crippen molar-refractivity contribution in [3.63, 3.8) is 0 Å². The number of benzene rings is 2. The second-order valence-corrected chi connectivity index (χ2v) is 10.3. The summed E-state index contributed by atoms with van der Waals surface area (Å²) < 4.78 is 0. The number of likely N-dealkylation sites (N-methyl/N-ethyl adjacent to an activating group) is 1. The standard InChI is InChI=1S/C28H34N4O3/c1-28(2,3)20-10-7-18(8-11-20)5-6-19-9-12-23-22(15-19)27(35)32-14-13-21(30-25(33)17-29-4)16-24(32)26(34)31-23/h5-12,15,21,24,29H,13-14,16-17H2,1-4H3,(H,30,33)(H,31,34)/b6-5+/t21-,24-/m0/s1. The fraction of sp³-hybridized carbons (Fsp3) is 0.393. The summed E-state index contributed by atoms with van der Waals surface area (Å²) in [5, 5.41) is 8.70. The van der Waals surface area contributed by atoms with Crippen molar-refractivity contribution in [3.8, 4) is 0 Å². The first-order chi connectivity index (χ1) is 16.7. The summed E-state index contributed by atoms with van der Waals surface area (Å²) >= 11 is 0. The van der Waals surface area contributed by atoms with E-state index in [9.17, 15) is 14.4 Å². The smallest absolute Gasteiger partial charge is 0.256 e. The summed E-state index contributed by atoms with van der Waals surface area (Å²) in [4.78, 5) is 40.0. The minimum atomic E-state index is -0.608. The molecule has 4 rings (SSSR count). The van der Waals surface area contributed by atoms with Gasteiger partial charge in [0.25, 0.3) is 5.91 Å². The van der Waals surface area contributed by atoms with Crippen LogP contribution in [0.15, 0.2) is 42.5 Å². The predicted molar refractivity (Wildman–Crippen MR) is 139 cm³/mol. The number of nitrogens with zero attached hydrogens (tertiary/aromatic N) is 1. The fourth-order valence-electron chi connectivity index (χ4n) is 4.64. The van der Waals surface area contributed by atoms with Gasteiger partial charge in [-0.2, -0.15) is 0 Å². The third kappa shape index (κ3) is 5.62. The van der Waals surface area contributed by atoms with Crippen molar-refractivity contribution in [2.24, 2.45) is 0 Å². The maximum absolute atomic E-state index is 13.4. The molecule has 3 amide bonds. The van der Waals surface area contributed by atoms with E-state index in [1.165, 1.54) is 5.56 Å². The number of hydrogen-bond donors (Lipinski definition) is 3. The molecule has 2 aromatic rings. The Morgan fingerprint density at radius 1 is 1.09 bits per heavy atom. The van der Waals surface area contributed by atoms with Gasteiger partial charge >= 0.3 is 0 Å². The minimum absolute atomic E-state index is 0.106. The van der Waals surface area contributed by atoms with E-state index in [2.05, 4.69) is 61.0 Å². The molecule has 0 saturated carbocycles. The Morgan fingerprint density at radius 2 is 1.77 bits per heavy atom. The average Bonchev–Trinajstić information content (AvgIpc) is 2.92. The highest BCUT2D eigenvalue weighted by molar-refractivity contribution is 6.10. The maximum atomic E-state index is 13.4. The van der Waals surface area contributed by atoms with Gasteiger partial charge in [0.2, 0.25) is 11.8 Å². The number of fused-ring (bicyclic) bond motifs is 2. The lowest BCUT2D eigenvalue weighted by molar-refractivity contribution is -0.124. The molecule has 0 bridgehead atoms. The highest BCUT2D eigenvalue weighted by Gasteiger charge is 2.40. The molecule has 2 aromatic carbocycles. The number of piperidine rings is 1. The quantitative estimate of drug-likeness (QED) is 0.580. The van der Waals surface area contributed by atoms with Crippen LogP contribution in [0.3, 0.4) is 0 Å². The van der Waals surface area contributed by atoms with Gasteiger partial charge in [-0.3, -0.25) is 14.4 Å². The highest BCUT2D eigenvalue weighted by atomic mass is 16.2. The molecule has 2 aliphatic heterocycles. The second-order valence-electron chi connectivity index (χ2n) is 10.3. The Morgan fingerprint density at radius 3 is 2.46 bits per heavy atom. The van der Waals surface area contributed by atoms with Crippen LogP contribution in [0.25, 0.3) is 12.2 Å². The molecule has 0 spiro atoms. The van der Waals surface area contributed by atoms with Crippen LogP contribution >= 0.6 is 0 Å². The summed E-state index contributed by atoms with van der Waals surface area (Å²) in [5.41, 5.74) is 4.37. The van der Waals surface area contributed by atoms with Crippen molar-refractivity contribution in [3.05, 3.63) is 64.7 Å². The van der Waals surface area contributed by atoms with Gasteiger partial charge in [0, 0.05) is 12.6 Å². The lowest BCUT2D eigenvalue weighted by Crippen LogP contribution is -2.55. The number of anilines is 1. The molecular formula is C28H34N4O3. The largest absolute Gasteiger partial charge is 0.352 e. The third-order valence-corrected chi connectivity index (χ3v) is 6.65. The number of carbonyl (C=O) groups is 3. The Hall–Kier alpha value is -3.45. The summed E-state index contributed by atoms with van der Waals surface area (Å²) in [5.74, 6) is -0.487. The summed E-state index contributed by atoms with van der Waals surface area (Å²) in [6, 6.07) is 13.2. The van der Waals surface area contributed by atoms with E-state index in [4.69, 9.17) is 0 Å². The van der Waals surface area contributed by atoms with E-state index in [-0.39, 0.29) is 35.7 Å². The normalized spacial score (nSPS) is 20.2. The zero-order chi connectivity index (χ0) is 25.2. The summed E-state index contributed by atoms with van der Waals surface area (Å²) in [7, 11) is 1.71. The number of hydrogen-bond acceptors (Lipinski definition) is 4. The lowest BCUT2D eigenvalue weighted by atomic mass is 9.87. The number of rotatable bonds is 5. The van der Waals surface area contributed by atoms with Crippen molar-refractivity contribution in [2.45, 2.75) is 51.1 Å². The first kappa shape index (κ1) is 24.7. The van der Waals surface area contributed by atoms with Gasteiger partial charge < -0.3 is 20.9 Å². The zero-order valence-corrected chi connectivity index (χ0v) is 20.9. The molecule has 0 radical (unpaired) electrons. The highest BCUT2D eigenvalue weighted by Crippen LogP contribution is 2.30. The van der Waals surface area contributed by atoms with Crippen molar-refractivity contribution < 1.29 is 14.4 Å². The van der Waals surface area contributed by atoms with E-state index in [1.807, 2.05) is 24.3 Å². The van der Waals surface area contributed by atoms with Crippen LogP contribution in [-0.2, 0) is 15.0 Å². The number of nitrogens with one attached hydrogen (secondary N) is 3. The van der Waals surface area contributed by atoms with Gasteiger partial charge in [-0.1, -0.05) is 63.3 Å².